The summed E-state index contributed by atoms with van der Waals surface area (Å²) in [5, 5.41) is 8.68. The summed E-state index contributed by atoms with van der Waals surface area (Å²) in [7, 11) is 1.81. The lowest BCUT2D eigenvalue weighted by atomic mass is 10.0. The average molecular weight is 245 g/mol. The number of hydrogen-bond acceptors (Lipinski definition) is 5. The van der Waals surface area contributed by atoms with Crippen molar-refractivity contribution in [1.82, 2.24) is 14.9 Å². The first-order valence-corrected chi connectivity index (χ1v) is 5.89. The Morgan fingerprint density at radius 1 is 1.44 bits per heavy atom. The van der Waals surface area contributed by atoms with Crippen molar-refractivity contribution < 1.29 is 4.79 Å². The second-order valence-corrected chi connectivity index (χ2v) is 4.37. The molecule has 1 fully saturated rings. The lowest BCUT2D eigenvalue weighted by Gasteiger charge is -2.35. The predicted molar refractivity (Wildman–Crippen MR) is 65.8 cm³/mol. The maximum absolute atomic E-state index is 10.7. The summed E-state index contributed by atoms with van der Waals surface area (Å²) in [5.74, 6) is 0.654. The third-order valence-corrected chi connectivity index (χ3v) is 3.26. The molecule has 1 saturated heterocycles. The van der Waals surface area contributed by atoms with Crippen molar-refractivity contribution in [1.29, 1.82) is 5.26 Å². The van der Waals surface area contributed by atoms with Crippen LogP contribution in [0.4, 0.5) is 5.95 Å². The second kappa shape index (κ2) is 5.45. The molecule has 0 bridgehead atoms. The van der Waals surface area contributed by atoms with Gasteiger partial charge >= 0.3 is 0 Å². The average Bonchev–Trinajstić information content (AvgIpc) is 2.47. The molecule has 0 atom stereocenters. The van der Waals surface area contributed by atoms with Crippen LogP contribution in [0.25, 0.3) is 0 Å². The number of anilines is 1. The Labute approximate surface area is 106 Å². The van der Waals surface area contributed by atoms with Crippen molar-refractivity contribution in [2.75, 3.05) is 25.0 Å². The topological polar surface area (TPSA) is 73.1 Å². The molecule has 2 rings (SSSR count). The second-order valence-electron chi connectivity index (χ2n) is 4.37. The fraction of sp³-hybridized carbons (Fsp3) is 0.500. The molecule has 1 aliphatic heterocycles. The van der Waals surface area contributed by atoms with E-state index in [2.05, 4.69) is 14.9 Å². The van der Waals surface area contributed by atoms with Gasteiger partial charge in [-0.15, -0.1) is 0 Å². The number of carbonyl (C=O) groups is 1. The van der Waals surface area contributed by atoms with Crippen LogP contribution in [0.3, 0.4) is 0 Å². The third kappa shape index (κ3) is 2.56. The molecular formula is C12H15N5O. The van der Waals surface area contributed by atoms with Gasteiger partial charge in [0.15, 0.2) is 0 Å². The Morgan fingerprint density at radius 3 is 2.56 bits per heavy atom. The summed E-state index contributed by atoms with van der Waals surface area (Å²) in [6.07, 6.45) is 5.77. The van der Waals surface area contributed by atoms with E-state index in [4.69, 9.17) is 5.26 Å². The zero-order chi connectivity index (χ0) is 13.0. The predicted octanol–water partition coefficient (Wildman–Crippen LogP) is 0.405. The van der Waals surface area contributed by atoms with E-state index in [1.54, 1.807) is 4.90 Å². The van der Waals surface area contributed by atoms with Crippen LogP contribution >= 0.6 is 0 Å². The number of rotatable bonds is 3. The van der Waals surface area contributed by atoms with Crippen LogP contribution in [-0.4, -0.2) is 47.5 Å². The molecule has 1 amide bonds. The maximum Gasteiger partial charge on any atom is 0.225 e. The molecule has 0 saturated carbocycles. The highest BCUT2D eigenvalue weighted by atomic mass is 16.1. The Balaban J connectivity index is 1.97. The van der Waals surface area contributed by atoms with Gasteiger partial charge in [-0.3, -0.25) is 4.79 Å². The molecular weight excluding hydrogens is 230 g/mol. The van der Waals surface area contributed by atoms with Crippen molar-refractivity contribution in [3.8, 4) is 6.07 Å². The molecule has 0 radical (unpaired) electrons. The van der Waals surface area contributed by atoms with E-state index in [9.17, 15) is 4.79 Å². The van der Waals surface area contributed by atoms with Crippen molar-refractivity contribution >= 4 is 12.4 Å². The van der Waals surface area contributed by atoms with Crippen LogP contribution in [0.2, 0.25) is 0 Å². The van der Waals surface area contributed by atoms with Crippen LogP contribution in [0, 0.1) is 11.3 Å². The summed E-state index contributed by atoms with van der Waals surface area (Å²) >= 11 is 0. The van der Waals surface area contributed by atoms with Crippen LogP contribution in [0.5, 0.6) is 0 Å². The first kappa shape index (κ1) is 12.3. The fourth-order valence-corrected chi connectivity index (χ4v) is 2.10. The van der Waals surface area contributed by atoms with E-state index in [1.165, 1.54) is 12.4 Å². The van der Waals surface area contributed by atoms with Crippen LogP contribution in [0.15, 0.2) is 12.4 Å². The lowest BCUT2D eigenvalue weighted by molar-refractivity contribution is -0.119. The summed E-state index contributed by atoms with van der Waals surface area (Å²) < 4.78 is 0. The molecule has 0 N–H and O–H groups in total. The standard InChI is InChI=1S/C12H15N5O/c1-16(9-18)11-2-4-17(5-3-11)12-14-7-10(6-13)8-15-12/h7-9,11H,2-5H2,1H3. The van der Waals surface area contributed by atoms with Gasteiger partial charge in [0, 0.05) is 26.2 Å². The third-order valence-electron chi connectivity index (χ3n) is 3.26. The number of aromatic nitrogens is 2. The molecule has 6 heteroatoms. The highest BCUT2D eigenvalue weighted by Crippen LogP contribution is 2.18. The molecule has 0 aromatic carbocycles. The Bertz CT molecular complexity index is 445. The zero-order valence-electron chi connectivity index (χ0n) is 10.3. The summed E-state index contributed by atoms with van der Waals surface area (Å²) in [5.41, 5.74) is 0.467. The van der Waals surface area contributed by atoms with E-state index in [1.807, 2.05) is 13.1 Å². The smallest absolute Gasteiger partial charge is 0.225 e. The van der Waals surface area contributed by atoms with Gasteiger partial charge in [0.05, 0.1) is 18.0 Å². The Hall–Kier alpha value is -2.16. The molecule has 1 aromatic rings. The highest BCUT2D eigenvalue weighted by molar-refractivity contribution is 5.47. The van der Waals surface area contributed by atoms with Crippen molar-refractivity contribution in [2.45, 2.75) is 18.9 Å². The molecule has 0 aliphatic carbocycles. The van der Waals surface area contributed by atoms with Gasteiger partial charge in [-0.05, 0) is 12.8 Å². The number of hydrogen-bond donors (Lipinski definition) is 0. The molecule has 6 nitrogen and oxygen atoms in total. The maximum atomic E-state index is 10.7. The first-order valence-electron chi connectivity index (χ1n) is 5.89. The number of amides is 1. The van der Waals surface area contributed by atoms with Crippen molar-refractivity contribution in [2.24, 2.45) is 0 Å². The molecule has 0 unspecified atom stereocenters. The fourth-order valence-electron chi connectivity index (χ4n) is 2.10. The Morgan fingerprint density at radius 2 is 2.06 bits per heavy atom. The van der Waals surface area contributed by atoms with Crippen LogP contribution in [-0.2, 0) is 4.79 Å². The van der Waals surface area contributed by atoms with E-state index in [0.29, 0.717) is 17.6 Å². The molecule has 0 spiro atoms. The van der Waals surface area contributed by atoms with E-state index < -0.39 is 0 Å². The SMILES string of the molecule is CN(C=O)C1CCN(c2ncc(C#N)cn2)CC1. The normalized spacial score (nSPS) is 16.1. The van der Waals surface area contributed by atoms with E-state index >= 15 is 0 Å². The minimum atomic E-state index is 0.303. The molecule has 1 aromatic heterocycles. The number of piperidine rings is 1. The molecule has 18 heavy (non-hydrogen) atoms. The van der Waals surface area contributed by atoms with Gasteiger partial charge in [0.25, 0.3) is 0 Å². The molecule has 2 heterocycles. The lowest BCUT2D eigenvalue weighted by Crippen LogP contribution is -2.43. The van der Waals surface area contributed by atoms with Crippen LogP contribution in [0.1, 0.15) is 18.4 Å². The minimum absolute atomic E-state index is 0.303. The molecule has 94 valence electrons. The van der Waals surface area contributed by atoms with Crippen molar-refractivity contribution in [3.05, 3.63) is 18.0 Å². The van der Waals surface area contributed by atoms with E-state index in [-0.39, 0.29) is 0 Å². The van der Waals surface area contributed by atoms with Crippen LogP contribution < -0.4 is 4.90 Å². The van der Waals surface area contributed by atoms with E-state index in [0.717, 1.165) is 32.3 Å². The Kier molecular flexibility index (Phi) is 3.72. The van der Waals surface area contributed by atoms with Gasteiger partial charge < -0.3 is 9.80 Å². The van der Waals surface area contributed by atoms with Gasteiger partial charge in [-0.2, -0.15) is 5.26 Å². The quantitative estimate of drug-likeness (QED) is 0.721. The summed E-state index contributed by atoms with van der Waals surface area (Å²) in [6, 6.07) is 2.30. The monoisotopic (exact) mass is 245 g/mol. The largest absolute Gasteiger partial charge is 0.345 e. The first-order chi connectivity index (χ1) is 8.74. The molecule has 1 aliphatic rings. The number of carbonyl (C=O) groups excluding carboxylic acids is 1. The van der Waals surface area contributed by atoms with Gasteiger partial charge in [0.1, 0.15) is 6.07 Å². The minimum Gasteiger partial charge on any atom is -0.345 e. The van der Waals surface area contributed by atoms with Gasteiger partial charge in [0.2, 0.25) is 12.4 Å². The summed E-state index contributed by atoms with van der Waals surface area (Å²) in [4.78, 5) is 22.8. The van der Waals surface area contributed by atoms with Crippen molar-refractivity contribution in [3.63, 3.8) is 0 Å². The highest BCUT2D eigenvalue weighted by Gasteiger charge is 2.22. The number of nitrogens with zero attached hydrogens (tertiary/aromatic N) is 5. The van der Waals surface area contributed by atoms with Gasteiger partial charge in [-0.1, -0.05) is 0 Å². The van der Waals surface area contributed by atoms with Gasteiger partial charge in [-0.25, -0.2) is 9.97 Å². The number of nitriles is 1. The summed E-state index contributed by atoms with van der Waals surface area (Å²) in [6.45, 7) is 1.66. The zero-order valence-corrected chi connectivity index (χ0v) is 10.3.